The molecule has 1 heterocycles. The molecule has 2 aromatic rings. The summed E-state index contributed by atoms with van der Waals surface area (Å²) in [6.45, 7) is 2.27. The topological polar surface area (TPSA) is 25.4 Å². The van der Waals surface area contributed by atoms with Gasteiger partial charge in [0.05, 0.1) is 6.61 Å². The highest BCUT2D eigenvalue weighted by molar-refractivity contribution is 9.10. The van der Waals surface area contributed by atoms with Crippen molar-refractivity contribution in [3.63, 3.8) is 0 Å². The molecule has 0 aliphatic rings. The van der Waals surface area contributed by atoms with Crippen LogP contribution in [-0.4, -0.2) is 18.6 Å². The van der Waals surface area contributed by atoms with Crippen LogP contribution in [0.15, 0.2) is 41.0 Å². The fourth-order valence-electron chi connectivity index (χ4n) is 1.67. The van der Waals surface area contributed by atoms with Crippen LogP contribution in [0.1, 0.15) is 6.92 Å². The van der Waals surface area contributed by atoms with Gasteiger partial charge in [-0.2, -0.15) is 0 Å². The number of benzene rings is 1. The van der Waals surface area contributed by atoms with E-state index in [1.54, 1.807) is 18.3 Å². The lowest BCUT2D eigenvalue weighted by molar-refractivity contribution is 0.321. The third kappa shape index (κ3) is 3.23. The van der Waals surface area contributed by atoms with Gasteiger partial charge >= 0.3 is 0 Å². The van der Waals surface area contributed by atoms with Crippen LogP contribution >= 0.6 is 15.9 Å². The standard InChI is InChI=1S/C14H14BrFN2O/c1-3-19-13-6-5-11(8-12(13)16)18(2)14-7-4-10(15)9-17-14/h4-9H,3H2,1-2H3. The first-order chi connectivity index (χ1) is 9.11. The summed E-state index contributed by atoms with van der Waals surface area (Å²) in [5.41, 5.74) is 0.718. The molecule has 1 aromatic heterocycles. The molecule has 0 bridgehead atoms. The van der Waals surface area contributed by atoms with E-state index in [0.29, 0.717) is 6.61 Å². The Kier molecular flexibility index (Phi) is 4.37. The maximum absolute atomic E-state index is 13.8. The quantitative estimate of drug-likeness (QED) is 0.844. The summed E-state index contributed by atoms with van der Waals surface area (Å²) in [6.07, 6.45) is 1.71. The monoisotopic (exact) mass is 324 g/mol. The van der Waals surface area contributed by atoms with E-state index in [1.807, 2.05) is 31.0 Å². The minimum Gasteiger partial charge on any atom is -0.491 e. The molecule has 19 heavy (non-hydrogen) atoms. The molecule has 0 unspecified atom stereocenters. The number of aromatic nitrogens is 1. The van der Waals surface area contributed by atoms with E-state index in [2.05, 4.69) is 20.9 Å². The maximum Gasteiger partial charge on any atom is 0.167 e. The summed E-state index contributed by atoms with van der Waals surface area (Å²) in [6, 6.07) is 8.62. The van der Waals surface area contributed by atoms with Gasteiger partial charge in [-0.05, 0) is 47.1 Å². The number of anilines is 2. The van der Waals surface area contributed by atoms with Crippen molar-refractivity contribution in [3.8, 4) is 5.75 Å². The number of ether oxygens (including phenoxy) is 1. The fraction of sp³-hybridized carbons (Fsp3) is 0.214. The Morgan fingerprint density at radius 2 is 2.11 bits per heavy atom. The first kappa shape index (κ1) is 13.8. The molecule has 0 N–H and O–H groups in total. The second-order valence-corrected chi connectivity index (χ2v) is 4.86. The fourth-order valence-corrected chi connectivity index (χ4v) is 1.90. The van der Waals surface area contributed by atoms with E-state index in [-0.39, 0.29) is 11.6 Å². The summed E-state index contributed by atoms with van der Waals surface area (Å²) in [5.74, 6) is 0.637. The predicted octanol–water partition coefficient (Wildman–Crippen LogP) is 4.15. The van der Waals surface area contributed by atoms with Crippen molar-refractivity contribution in [1.29, 1.82) is 0 Å². The van der Waals surface area contributed by atoms with Gasteiger partial charge in [0, 0.05) is 29.5 Å². The average Bonchev–Trinajstić information content (AvgIpc) is 2.41. The van der Waals surface area contributed by atoms with Gasteiger partial charge in [0.15, 0.2) is 11.6 Å². The third-order valence-electron chi connectivity index (χ3n) is 2.66. The second kappa shape index (κ2) is 6.02. The number of rotatable bonds is 4. The summed E-state index contributed by atoms with van der Waals surface area (Å²) in [5, 5.41) is 0. The average molecular weight is 325 g/mol. The van der Waals surface area contributed by atoms with Crippen LogP contribution in [0.4, 0.5) is 15.9 Å². The first-order valence-corrected chi connectivity index (χ1v) is 6.68. The van der Waals surface area contributed by atoms with Gasteiger partial charge in [0.2, 0.25) is 0 Å². The Bertz CT molecular complexity index is 560. The largest absolute Gasteiger partial charge is 0.491 e. The molecule has 0 atom stereocenters. The van der Waals surface area contributed by atoms with Crippen molar-refractivity contribution >= 4 is 27.4 Å². The van der Waals surface area contributed by atoms with Crippen molar-refractivity contribution in [1.82, 2.24) is 4.98 Å². The molecular formula is C14H14BrFN2O. The van der Waals surface area contributed by atoms with Crippen LogP contribution in [0.25, 0.3) is 0 Å². The van der Waals surface area contributed by atoms with Crippen LogP contribution in [-0.2, 0) is 0 Å². The van der Waals surface area contributed by atoms with Gasteiger partial charge in [-0.3, -0.25) is 0 Å². The Morgan fingerprint density at radius 3 is 2.68 bits per heavy atom. The molecule has 0 saturated carbocycles. The van der Waals surface area contributed by atoms with E-state index in [0.717, 1.165) is 16.0 Å². The molecule has 1 aromatic carbocycles. The van der Waals surface area contributed by atoms with Crippen molar-refractivity contribution < 1.29 is 9.13 Å². The molecule has 0 spiro atoms. The molecule has 100 valence electrons. The summed E-state index contributed by atoms with van der Waals surface area (Å²) < 4.78 is 19.9. The van der Waals surface area contributed by atoms with E-state index in [4.69, 9.17) is 4.74 Å². The number of halogens is 2. The number of hydrogen-bond acceptors (Lipinski definition) is 3. The molecule has 0 amide bonds. The minimum absolute atomic E-state index is 0.267. The molecule has 0 fully saturated rings. The summed E-state index contributed by atoms with van der Waals surface area (Å²) in [4.78, 5) is 6.08. The van der Waals surface area contributed by atoms with Crippen LogP contribution < -0.4 is 9.64 Å². The molecule has 5 heteroatoms. The van der Waals surface area contributed by atoms with E-state index >= 15 is 0 Å². The number of hydrogen-bond donors (Lipinski definition) is 0. The zero-order valence-corrected chi connectivity index (χ0v) is 12.3. The highest BCUT2D eigenvalue weighted by Crippen LogP contribution is 2.27. The van der Waals surface area contributed by atoms with E-state index in [9.17, 15) is 4.39 Å². The highest BCUT2D eigenvalue weighted by Gasteiger charge is 2.09. The molecule has 3 nitrogen and oxygen atoms in total. The molecule has 0 saturated heterocycles. The summed E-state index contributed by atoms with van der Waals surface area (Å²) in [7, 11) is 1.84. The van der Waals surface area contributed by atoms with E-state index < -0.39 is 0 Å². The third-order valence-corrected chi connectivity index (χ3v) is 3.13. The van der Waals surface area contributed by atoms with Gasteiger partial charge in [0.1, 0.15) is 5.82 Å². The van der Waals surface area contributed by atoms with Crippen molar-refractivity contribution in [3.05, 3.63) is 46.8 Å². The lowest BCUT2D eigenvalue weighted by Crippen LogP contribution is -2.11. The lowest BCUT2D eigenvalue weighted by Gasteiger charge is -2.19. The zero-order chi connectivity index (χ0) is 13.8. The highest BCUT2D eigenvalue weighted by atomic mass is 79.9. The molecule has 0 aliphatic carbocycles. The molecular weight excluding hydrogens is 311 g/mol. The predicted molar refractivity (Wildman–Crippen MR) is 77.6 cm³/mol. The van der Waals surface area contributed by atoms with Crippen LogP contribution in [0, 0.1) is 5.82 Å². The van der Waals surface area contributed by atoms with Crippen LogP contribution in [0.5, 0.6) is 5.75 Å². The van der Waals surface area contributed by atoms with Crippen molar-refractivity contribution in [2.75, 3.05) is 18.6 Å². The normalized spacial score (nSPS) is 10.3. The Labute approximate surface area is 120 Å². The van der Waals surface area contributed by atoms with Gasteiger partial charge in [0.25, 0.3) is 0 Å². The molecule has 2 rings (SSSR count). The zero-order valence-electron chi connectivity index (χ0n) is 10.7. The second-order valence-electron chi connectivity index (χ2n) is 3.94. The van der Waals surface area contributed by atoms with Gasteiger partial charge in [-0.25, -0.2) is 9.37 Å². The number of pyridine rings is 1. The van der Waals surface area contributed by atoms with Crippen LogP contribution in [0.3, 0.4) is 0 Å². The molecule has 0 radical (unpaired) electrons. The SMILES string of the molecule is CCOc1ccc(N(C)c2ccc(Br)cn2)cc1F. The van der Waals surface area contributed by atoms with Gasteiger partial charge < -0.3 is 9.64 Å². The first-order valence-electron chi connectivity index (χ1n) is 5.89. The van der Waals surface area contributed by atoms with Crippen LogP contribution in [0.2, 0.25) is 0 Å². The Morgan fingerprint density at radius 1 is 1.32 bits per heavy atom. The lowest BCUT2D eigenvalue weighted by atomic mass is 10.2. The van der Waals surface area contributed by atoms with Crippen molar-refractivity contribution in [2.45, 2.75) is 6.92 Å². The number of nitrogens with zero attached hydrogens (tertiary/aromatic N) is 2. The molecule has 0 aliphatic heterocycles. The van der Waals surface area contributed by atoms with Crippen molar-refractivity contribution in [2.24, 2.45) is 0 Å². The maximum atomic E-state index is 13.8. The van der Waals surface area contributed by atoms with Gasteiger partial charge in [-0.15, -0.1) is 0 Å². The Hall–Kier alpha value is -1.62. The summed E-state index contributed by atoms with van der Waals surface area (Å²) >= 11 is 3.33. The minimum atomic E-state index is -0.372. The van der Waals surface area contributed by atoms with Gasteiger partial charge in [-0.1, -0.05) is 0 Å². The van der Waals surface area contributed by atoms with E-state index in [1.165, 1.54) is 6.07 Å². The smallest absolute Gasteiger partial charge is 0.167 e. The Balaban J connectivity index is 2.26.